The first-order valence-corrected chi connectivity index (χ1v) is 7.80. The number of likely N-dealkylation sites (tertiary alicyclic amines) is 1. The Hall–Kier alpha value is -1.62. The Bertz CT molecular complexity index is 481. The predicted octanol–water partition coefficient (Wildman–Crippen LogP) is 2.04. The molecule has 116 valence electrons. The molecule has 0 radical (unpaired) electrons. The minimum atomic E-state index is -0.0179. The van der Waals surface area contributed by atoms with E-state index in [1.165, 1.54) is 0 Å². The molecule has 0 bridgehead atoms. The van der Waals surface area contributed by atoms with E-state index in [0.717, 1.165) is 50.3 Å². The summed E-state index contributed by atoms with van der Waals surface area (Å²) < 4.78 is 0. The minimum Gasteiger partial charge on any atom is -0.384 e. The van der Waals surface area contributed by atoms with E-state index in [9.17, 15) is 4.79 Å². The van der Waals surface area contributed by atoms with E-state index in [0.29, 0.717) is 5.56 Å². The van der Waals surface area contributed by atoms with Crippen molar-refractivity contribution in [3.63, 3.8) is 0 Å². The molecule has 21 heavy (non-hydrogen) atoms. The Kier molecular flexibility index (Phi) is 5.56. The molecule has 1 aliphatic rings. The summed E-state index contributed by atoms with van der Waals surface area (Å²) in [6.45, 7) is 6.99. The van der Waals surface area contributed by atoms with Gasteiger partial charge in [0.05, 0.1) is 11.3 Å². The molecule has 0 atom stereocenters. The van der Waals surface area contributed by atoms with E-state index >= 15 is 0 Å². The van der Waals surface area contributed by atoms with E-state index in [2.05, 4.69) is 34.5 Å². The van der Waals surface area contributed by atoms with Crippen LogP contribution < -0.4 is 10.6 Å². The first kappa shape index (κ1) is 15.8. The fraction of sp³-hybridized carbons (Fsp3) is 0.625. The number of amides is 1. The van der Waals surface area contributed by atoms with Gasteiger partial charge in [0.25, 0.3) is 5.91 Å². The van der Waals surface area contributed by atoms with E-state index in [4.69, 9.17) is 0 Å². The standard InChI is InChI=1S/C16H26N4O/c1-4-7-17-15-10-12(2)18-11-14(15)16(21)19-13-5-8-20(3)9-6-13/h10-11,13H,4-9H2,1-3H3,(H,17,18)(H,19,21). The molecule has 1 amide bonds. The maximum absolute atomic E-state index is 12.5. The number of nitrogens with one attached hydrogen (secondary N) is 2. The van der Waals surface area contributed by atoms with Crippen LogP contribution in [0.1, 0.15) is 42.2 Å². The van der Waals surface area contributed by atoms with Gasteiger partial charge in [-0.3, -0.25) is 9.78 Å². The number of aryl methyl sites for hydroxylation is 1. The quantitative estimate of drug-likeness (QED) is 0.871. The molecule has 0 aromatic carbocycles. The third kappa shape index (κ3) is 4.43. The second-order valence-electron chi connectivity index (χ2n) is 5.85. The summed E-state index contributed by atoms with van der Waals surface area (Å²) in [4.78, 5) is 19.0. The molecule has 0 aliphatic carbocycles. The van der Waals surface area contributed by atoms with Crippen molar-refractivity contribution in [3.05, 3.63) is 23.5 Å². The smallest absolute Gasteiger partial charge is 0.255 e. The number of hydrogen-bond donors (Lipinski definition) is 2. The van der Waals surface area contributed by atoms with E-state index < -0.39 is 0 Å². The molecule has 1 aromatic heterocycles. The van der Waals surface area contributed by atoms with Gasteiger partial charge in [-0.05, 0) is 52.4 Å². The predicted molar refractivity (Wildman–Crippen MR) is 85.7 cm³/mol. The van der Waals surface area contributed by atoms with Crippen LogP contribution in [0.4, 0.5) is 5.69 Å². The van der Waals surface area contributed by atoms with Gasteiger partial charge >= 0.3 is 0 Å². The molecule has 2 rings (SSSR count). The highest BCUT2D eigenvalue weighted by molar-refractivity contribution is 5.99. The lowest BCUT2D eigenvalue weighted by molar-refractivity contribution is 0.0917. The third-order valence-corrected chi connectivity index (χ3v) is 3.90. The Balaban J connectivity index is 2.04. The number of aromatic nitrogens is 1. The van der Waals surface area contributed by atoms with Crippen LogP contribution in [0.3, 0.4) is 0 Å². The zero-order chi connectivity index (χ0) is 15.2. The SMILES string of the molecule is CCCNc1cc(C)ncc1C(=O)NC1CCN(C)CC1. The van der Waals surface area contributed by atoms with Gasteiger partial charge in [0, 0.05) is 24.5 Å². The van der Waals surface area contributed by atoms with Crippen LogP contribution in [0.2, 0.25) is 0 Å². The monoisotopic (exact) mass is 290 g/mol. The molecule has 1 saturated heterocycles. The third-order valence-electron chi connectivity index (χ3n) is 3.90. The largest absolute Gasteiger partial charge is 0.384 e. The second-order valence-corrected chi connectivity index (χ2v) is 5.85. The molecule has 1 fully saturated rings. The molecule has 0 spiro atoms. The van der Waals surface area contributed by atoms with Crippen molar-refractivity contribution in [1.82, 2.24) is 15.2 Å². The molecule has 1 aliphatic heterocycles. The van der Waals surface area contributed by atoms with Gasteiger partial charge in [0.15, 0.2) is 0 Å². The number of carbonyl (C=O) groups excluding carboxylic acids is 1. The number of pyridine rings is 1. The number of carbonyl (C=O) groups is 1. The Morgan fingerprint density at radius 3 is 2.81 bits per heavy atom. The van der Waals surface area contributed by atoms with Gasteiger partial charge in [-0.15, -0.1) is 0 Å². The Morgan fingerprint density at radius 1 is 1.43 bits per heavy atom. The van der Waals surface area contributed by atoms with E-state index in [1.807, 2.05) is 13.0 Å². The summed E-state index contributed by atoms with van der Waals surface area (Å²) in [5, 5.41) is 6.47. The minimum absolute atomic E-state index is 0.0179. The van der Waals surface area contributed by atoms with Crippen LogP contribution in [0.5, 0.6) is 0 Å². The van der Waals surface area contributed by atoms with Crippen LogP contribution in [0, 0.1) is 6.92 Å². The average Bonchev–Trinajstić information content (AvgIpc) is 2.47. The van der Waals surface area contributed by atoms with Crippen molar-refractivity contribution in [3.8, 4) is 0 Å². The van der Waals surface area contributed by atoms with Crippen molar-refractivity contribution < 1.29 is 4.79 Å². The van der Waals surface area contributed by atoms with Gasteiger partial charge in [0.2, 0.25) is 0 Å². The molecule has 5 nitrogen and oxygen atoms in total. The van der Waals surface area contributed by atoms with Crippen LogP contribution in [-0.4, -0.2) is 48.5 Å². The molecule has 2 heterocycles. The molecular weight excluding hydrogens is 264 g/mol. The molecule has 5 heteroatoms. The Labute approximate surface area is 127 Å². The summed E-state index contributed by atoms with van der Waals surface area (Å²) in [5.41, 5.74) is 2.45. The van der Waals surface area contributed by atoms with Crippen molar-refractivity contribution in [2.24, 2.45) is 0 Å². The molecule has 0 unspecified atom stereocenters. The number of rotatable bonds is 5. The van der Waals surface area contributed by atoms with Gasteiger partial charge in [-0.25, -0.2) is 0 Å². The first-order valence-electron chi connectivity index (χ1n) is 7.80. The summed E-state index contributed by atoms with van der Waals surface area (Å²) in [7, 11) is 2.12. The highest BCUT2D eigenvalue weighted by atomic mass is 16.1. The lowest BCUT2D eigenvalue weighted by Crippen LogP contribution is -2.43. The zero-order valence-electron chi connectivity index (χ0n) is 13.3. The van der Waals surface area contributed by atoms with E-state index in [-0.39, 0.29) is 11.9 Å². The fourth-order valence-corrected chi connectivity index (χ4v) is 2.56. The molecule has 1 aromatic rings. The van der Waals surface area contributed by atoms with Crippen LogP contribution in [-0.2, 0) is 0 Å². The Morgan fingerprint density at radius 2 is 2.14 bits per heavy atom. The van der Waals surface area contributed by atoms with Gasteiger partial charge in [0.1, 0.15) is 0 Å². The van der Waals surface area contributed by atoms with Gasteiger partial charge in [-0.1, -0.05) is 6.92 Å². The van der Waals surface area contributed by atoms with Crippen molar-refractivity contribution >= 4 is 11.6 Å². The normalized spacial score (nSPS) is 16.7. The highest BCUT2D eigenvalue weighted by Gasteiger charge is 2.20. The number of piperidine rings is 1. The number of hydrogen-bond acceptors (Lipinski definition) is 4. The maximum atomic E-state index is 12.5. The first-order chi connectivity index (χ1) is 10.1. The molecule has 0 saturated carbocycles. The van der Waals surface area contributed by atoms with Crippen molar-refractivity contribution in [1.29, 1.82) is 0 Å². The highest BCUT2D eigenvalue weighted by Crippen LogP contribution is 2.17. The van der Waals surface area contributed by atoms with Crippen molar-refractivity contribution in [2.75, 3.05) is 32.0 Å². The summed E-state index contributed by atoms with van der Waals surface area (Å²) >= 11 is 0. The topological polar surface area (TPSA) is 57.3 Å². The van der Waals surface area contributed by atoms with Crippen LogP contribution >= 0.6 is 0 Å². The average molecular weight is 290 g/mol. The second kappa shape index (κ2) is 7.41. The van der Waals surface area contributed by atoms with Crippen LogP contribution in [0.15, 0.2) is 12.3 Å². The summed E-state index contributed by atoms with van der Waals surface area (Å²) in [6, 6.07) is 2.22. The van der Waals surface area contributed by atoms with E-state index in [1.54, 1.807) is 6.20 Å². The fourth-order valence-electron chi connectivity index (χ4n) is 2.56. The van der Waals surface area contributed by atoms with Crippen molar-refractivity contribution in [2.45, 2.75) is 39.2 Å². The number of nitrogens with zero attached hydrogens (tertiary/aromatic N) is 2. The lowest BCUT2D eigenvalue weighted by Gasteiger charge is -2.29. The molecular formula is C16H26N4O. The van der Waals surface area contributed by atoms with Gasteiger partial charge in [-0.2, -0.15) is 0 Å². The molecule has 2 N–H and O–H groups in total. The lowest BCUT2D eigenvalue weighted by atomic mass is 10.0. The summed E-state index contributed by atoms with van der Waals surface area (Å²) in [6.07, 6.45) is 4.73. The van der Waals surface area contributed by atoms with Crippen LogP contribution in [0.25, 0.3) is 0 Å². The summed E-state index contributed by atoms with van der Waals surface area (Å²) in [5.74, 6) is -0.0179. The van der Waals surface area contributed by atoms with Gasteiger partial charge < -0.3 is 15.5 Å². The maximum Gasteiger partial charge on any atom is 0.255 e. The number of anilines is 1. The zero-order valence-corrected chi connectivity index (χ0v) is 13.3.